The molecule has 5 aromatic rings. The molecule has 4 nitrogen and oxygen atoms in total. The fraction of sp³-hybridized carbons (Fsp3) is 0.167. The molecule has 0 N–H and O–H groups in total. The molecule has 0 fully saturated rings. The van der Waals surface area contributed by atoms with Crippen LogP contribution in [-0.4, -0.2) is 22.2 Å². The summed E-state index contributed by atoms with van der Waals surface area (Å²) in [6, 6.07) is 32.5. The highest BCUT2D eigenvalue weighted by Gasteiger charge is 2.13. The van der Waals surface area contributed by atoms with Crippen molar-refractivity contribution in [1.82, 2.24) is 9.13 Å². The third kappa shape index (κ3) is 4.96. The minimum absolute atomic E-state index is 0.431. The monoisotopic (exact) mass is 450 g/mol. The van der Waals surface area contributed by atoms with E-state index in [0.29, 0.717) is 13.1 Å². The van der Waals surface area contributed by atoms with Gasteiger partial charge in [-0.2, -0.15) is 0 Å². The molecule has 4 heteroatoms. The lowest BCUT2D eigenvalue weighted by Gasteiger charge is -2.11. The van der Waals surface area contributed by atoms with E-state index in [-0.39, 0.29) is 0 Å². The van der Waals surface area contributed by atoms with E-state index in [9.17, 15) is 4.79 Å². The number of aromatic nitrogens is 2. The summed E-state index contributed by atoms with van der Waals surface area (Å²) in [7, 11) is 0. The van der Waals surface area contributed by atoms with Gasteiger partial charge in [-0.25, -0.2) is 0 Å². The molecule has 0 radical (unpaired) electrons. The molecule has 2 aromatic heterocycles. The molecule has 0 spiro atoms. The fourth-order valence-electron chi connectivity index (χ4n) is 4.33. The molecule has 0 aliphatic rings. The van der Waals surface area contributed by atoms with E-state index in [0.717, 1.165) is 6.54 Å². The molecule has 3 aromatic carbocycles. The van der Waals surface area contributed by atoms with Gasteiger partial charge in [-0.05, 0) is 62.2 Å². The summed E-state index contributed by atoms with van der Waals surface area (Å²) in [5.41, 5.74) is 8.83. The number of rotatable bonds is 6. The van der Waals surface area contributed by atoms with E-state index in [2.05, 4.69) is 125 Å². The van der Waals surface area contributed by atoms with Gasteiger partial charge in [0.15, 0.2) is 0 Å². The van der Waals surface area contributed by atoms with Gasteiger partial charge in [0.2, 0.25) is 0 Å². The topological polar surface area (TPSA) is 36.2 Å². The van der Waals surface area contributed by atoms with Crippen LogP contribution in [-0.2, 0) is 16.1 Å². The number of hydrogen-bond acceptors (Lipinski definition) is 2. The van der Waals surface area contributed by atoms with Crippen LogP contribution in [0.2, 0.25) is 0 Å². The van der Waals surface area contributed by atoms with Crippen molar-refractivity contribution in [2.24, 2.45) is 0 Å². The molecule has 0 aliphatic carbocycles. The van der Waals surface area contributed by atoms with Gasteiger partial charge in [0.05, 0.1) is 6.61 Å². The van der Waals surface area contributed by atoms with Gasteiger partial charge < -0.3 is 13.9 Å². The lowest BCUT2D eigenvalue weighted by atomic mass is 10.0. The van der Waals surface area contributed by atoms with Crippen LogP contribution in [0, 0.1) is 13.8 Å². The highest BCUT2D eigenvalue weighted by Crippen LogP contribution is 2.33. The number of carbonyl (C=O) groups is 1. The van der Waals surface area contributed by atoms with Crippen LogP contribution in [0.4, 0.5) is 0 Å². The number of ether oxygens (including phenoxy) is 1. The van der Waals surface area contributed by atoms with Gasteiger partial charge in [0.25, 0.3) is 6.47 Å². The van der Waals surface area contributed by atoms with E-state index in [4.69, 9.17) is 0 Å². The summed E-state index contributed by atoms with van der Waals surface area (Å²) in [6.07, 6.45) is 2.30. The minimum Gasteiger partial charge on any atom is -0.468 e. The normalized spacial score (nSPS) is 10.6. The third-order valence-corrected chi connectivity index (χ3v) is 5.91. The van der Waals surface area contributed by atoms with Crippen LogP contribution < -0.4 is 0 Å². The summed E-state index contributed by atoms with van der Waals surface area (Å²) >= 11 is 0. The lowest BCUT2D eigenvalue weighted by molar-refractivity contribution is -0.128. The third-order valence-electron chi connectivity index (χ3n) is 5.91. The highest BCUT2D eigenvalue weighted by atomic mass is 16.5. The Kier molecular flexibility index (Phi) is 7.28. The first-order valence-electron chi connectivity index (χ1n) is 11.5. The maximum atomic E-state index is 9.18. The van der Waals surface area contributed by atoms with Gasteiger partial charge in [0.1, 0.15) is 0 Å². The molecule has 0 amide bonds. The molecule has 0 aliphatic heterocycles. The lowest BCUT2D eigenvalue weighted by Crippen LogP contribution is -2.00. The first kappa shape index (κ1) is 23.1. The summed E-state index contributed by atoms with van der Waals surface area (Å²) in [5, 5.41) is 1.29. The van der Waals surface area contributed by atoms with Crippen molar-refractivity contribution in [2.75, 3.05) is 6.61 Å². The molecule has 0 unspecified atom stereocenters. The smallest absolute Gasteiger partial charge is 0.293 e. The van der Waals surface area contributed by atoms with Crippen LogP contribution in [0.15, 0.2) is 97.2 Å². The molecule has 0 atom stereocenters. The average Bonchev–Trinajstić information content (AvgIpc) is 3.40. The summed E-state index contributed by atoms with van der Waals surface area (Å²) in [4.78, 5) is 9.18. The Labute approximate surface area is 201 Å². The average molecular weight is 451 g/mol. The van der Waals surface area contributed by atoms with E-state index >= 15 is 0 Å². The van der Waals surface area contributed by atoms with E-state index in [1.165, 1.54) is 44.7 Å². The van der Waals surface area contributed by atoms with Crippen LogP contribution in [0.25, 0.3) is 27.7 Å². The van der Waals surface area contributed by atoms with Crippen LogP contribution >= 0.6 is 0 Å². The molecule has 172 valence electrons. The number of hydrogen-bond donors (Lipinski definition) is 0. The van der Waals surface area contributed by atoms with Gasteiger partial charge in [-0.1, -0.05) is 60.7 Å². The Morgan fingerprint density at radius 1 is 0.824 bits per heavy atom. The molecule has 0 bridgehead atoms. The number of fused-ring (bicyclic) bond motifs is 1. The van der Waals surface area contributed by atoms with Crippen molar-refractivity contribution in [3.05, 3.63) is 114 Å². The molecule has 0 saturated heterocycles. The number of carbonyl (C=O) groups excluding carboxylic acids is 1. The van der Waals surface area contributed by atoms with E-state index in [1.54, 1.807) is 6.92 Å². The van der Waals surface area contributed by atoms with Gasteiger partial charge in [-0.3, -0.25) is 4.79 Å². The summed E-state index contributed by atoms with van der Waals surface area (Å²) in [5.74, 6) is 0. The summed E-state index contributed by atoms with van der Waals surface area (Å²) < 4.78 is 8.84. The van der Waals surface area contributed by atoms with Gasteiger partial charge >= 0.3 is 0 Å². The van der Waals surface area contributed by atoms with Crippen molar-refractivity contribution in [3.8, 4) is 16.8 Å². The Balaban J connectivity index is 0.000000499. The largest absolute Gasteiger partial charge is 0.468 e. The zero-order chi connectivity index (χ0) is 23.9. The van der Waals surface area contributed by atoms with Crippen LogP contribution in [0.1, 0.15) is 23.9 Å². The highest BCUT2D eigenvalue weighted by molar-refractivity contribution is 5.97. The second kappa shape index (κ2) is 10.7. The Morgan fingerprint density at radius 2 is 1.47 bits per heavy atom. The Bertz CT molecular complexity index is 1350. The number of nitrogens with zero attached hydrogens (tertiary/aromatic N) is 2. The van der Waals surface area contributed by atoms with E-state index < -0.39 is 0 Å². The van der Waals surface area contributed by atoms with Crippen molar-refractivity contribution in [2.45, 2.75) is 27.3 Å². The quantitative estimate of drug-likeness (QED) is 0.263. The molecular formula is C30H30N2O2. The summed E-state index contributed by atoms with van der Waals surface area (Å²) in [6.45, 7) is 7.86. The minimum atomic E-state index is 0.431. The molecule has 2 heterocycles. The van der Waals surface area contributed by atoms with Gasteiger partial charge in [0, 0.05) is 46.3 Å². The predicted octanol–water partition coefficient (Wildman–Crippen LogP) is 6.94. The van der Waals surface area contributed by atoms with Crippen LogP contribution in [0.3, 0.4) is 0 Å². The van der Waals surface area contributed by atoms with Crippen molar-refractivity contribution in [1.29, 1.82) is 0 Å². The van der Waals surface area contributed by atoms with Gasteiger partial charge in [-0.15, -0.1) is 0 Å². The molecule has 34 heavy (non-hydrogen) atoms. The van der Waals surface area contributed by atoms with Crippen molar-refractivity contribution < 1.29 is 9.53 Å². The Hall–Kier alpha value is -4.05. The van der Waals surface area contributed by atoms with Crippen LogP contribution in [0.5, 0.6) is 0 Å². The van der Waals surface area contributed by atoms with Crippen molar-refractivity contribution >= 4 is 17.4 Å². The molecule has 5 rings (SSSR count). The molecule has 0 saturated carbocycles. The SMILES string of the molecule is CCOC=O.Cc1ccc(C)n1-c1ccc2c(c1)c(-c1ccccc1)cn2Cc1ccccc1. The maximum absolute atomic E-state index is 9.18. The second-order valence-electron chi connectivity index (χ2n) is 8.23. The first-order chi connectivity index (χ1) is 16.6. The zero-order valence-electron chi connectivity index (χ0n) is 19.9. The first-order valence-corrected chi connectivity index (χ1v) is 11.5. The zero-order valence-corrected chi connectivity index (χ0v) is 19.9. The second-order valence-corrected chi connectivity index (χ2v) is 8.23. The number of aryl methyl sites for hydroxylation is 2. The Morgan fingerprint density at radius 3 is 2.06 bits per heavy atom. The number of benzene rings is 3. The molecular weight excluding hydrogens is 420 g/mol. The fourth-order valence-corrected chi connectivity index (χ4v) is 4.33. The van der Waals surface area contributed by atoms with E-state index in [1.807, 2.05) is 0 Å². The predicted molar refractivity (Wildman–Crippen MR) is 139 cm³/mol. The maximum Gasteiger partial charge on any atom is 0.293 e. The standard InChI is InChI=1S/C27H24N2.C3H6O2/c1-20-13-14-21(2)29(20)24-15-16-27-25(17-24)26(23-11-7-4-8-12-23)19-28(27)18-22-9-5-3-6-10-22;1-2-5-3-4/h3-17,19H,18H2,1-2H3;3H,2H2,1H3. The van der Waals surface area contributed by atoms with Crippen molar-refractivity contribution in [3.63, 3.8) is 0 Å².